The molecule has 2 aromatic rings. The second-order valence-corrected chi connectivity index (χ2v) is 6.26. The van der Waals surface area contributed by atoms with Crippen LogP contribution in [0.15, 0.2) is 48.5 Å². The molecule has 0 heterocycles. The van der Waals surface area contributed by atoms with Crippen molar-refractivity contribution in [2.75, 3.05) is 6.54 Å². The Labute approximate surface area is 137 Å². The predicted octanol–water partition coefficient (Wildman–Crippen LogP) is 4.76. The van der Waals surface area contributed by atoms with Crippen molar-refractivity contribution in [1.82, 2.24) is 5.32 Å². The van der Waals surface area contributed by atoms with E-state index in [2.05, 4.69) is 36.5 Å². The number of hydrogen-bond donors (Lipinski definition) is 1. The Morgan fingerprint density at radius 3 is 2.00 bits per heavy atom. The molecule has 0 spiro atoms. The van der Waals surface area contributed by atoms with Gasteiger partial charge in [-0.2, -0.15) is 0 Å². The van der Waals surface area contributed by atoms with Crippen LogP contribution in [0.1, 0.15) is 38.7 Å². The molecule has 0 saturated heterocycles. The fraction of sp³-hybridized carbons (Fsp3) is 0.350. The molecule has 0 aliphatic carbocycles. The van der Waals surface area contributed by atoms with Gasteiger partial charge in [0.25, 0.3) is 0 Å². The zero-order chi connectivity index (χ0) is 16.8. The number of halogens is 1. The van der Waals surface area contributed by atoms with E-state index in [0.717, 1.165) is 17.5 Å². The number of nitrogens with one attached hydrogen (secondary N) is 1. The van der Waals surface area contributed by atoms with Crippen molar-refractivity contribution in [3.63, 3.8) is 0 Å². The number of amides is 1. The predicted molar refractivity (Wildman–Crippen MR) is 92.7 cm³/mol. The Hall–Kier alpha value is -2.16. The third-order valence-electron chi connectivity index (χ3n) is 4.06. The lowest BCUT2D eigenvalue weighted by Gasteiger charge is -2.14. The average molecular weight is 313 g/mol. The molecule has 0 aliphatic heterocycles. The molecule has 1 atom stereocenters. The van der Waals surface area contributed by atoms with E-state index in [4.69, 9.17) is 0 Å². The summed E-state index contributed by atoms with van der Waals surface area (Å²) in [5.41, 5.74) is 3.33. The third-order valence-corrected chi connectivity index (χ3v) is 4.06. The van der Waals surface area contributed by atoms with Gasteiger partial charge in [-0.25, -0.2) is 4.39 Å². The molecule has 0 bridgehead atoms. The number of hydrogen-bond acceptors (Lipinski definition) is 1. The lowest BCUT2D eigenvalue weighted by atomic mass is 9.95. The number of benzene rings is 2. The zero-order valence-corrected chi connectivity index (χ0v) is 14.0. The fourth-order valence-electron chi connectivity index (χ4n) is 2.43. The Morgan fingerprint density at radius 1 is 0.957 bits per heavy atom. The van der Waals surface area contributed by atoms with Crippen LogP contribution in [0.5, 0.6) is 0 Å². The molecule has 2 nitrogen and oxygen atoms in total. The Bertz CT molecular complexity index is 632. The molecule has 2 rings (SSSR count). The van der Waals surface area contributed by atoms with Gasteiger partial charge in [0.2, 0.25) is 5.91 Å². The van der Waals surface area contributed by atoms with Gasteiger partial charge in [0.15, 0.2) is 0 Å². The molecule has 0 saturated carbocycles. The highest BCUT2D eigenvalue weighted by atomic mass is 19.1. The maximum absolute atomic E-state index is 13.0. The maximum Gasteiger partial charge on any atom is 0.222 e. The van der Waals surface area contributed by atoms with Gasteiger partial charge < -0.3 is 5.32 Å². The highest BCUT2D eigenvalue weighted by Crippen LogP contribution is 2.24. The summed E-state index contributed by atoms with van der Waals surface area (Å²) in [4.78, 5) is 11.5. The maximum atomic E-state index is 13.0. The minimum atomic E-state index is -0.220. The van der Waals surface area contributed by atoms with E-state index >= 15 is 0 Å². The molecule has 0 fully saturated rings. The van der Waals surface area contributed by atoms with Crippen LogP contribution < -0.4 is 5.32 Å². The van der Waals surface area contributed by atoms with Crippen LogP contribution in [0.3, 0.4) is 0 Å². The first kappa shape index (κ1) is 17.2. The lowest BCUT2D eigenvalue weighted by Crippen LogP contribution is -2.29. The first-order valence-corrected chi connectivity index (χ1v) is 8.11. The number of carbonyl (C=O) groups excluding carboxylic acids is 1. The largest absolute Gasteiger partial charge is 0.356 e. The van der Waals surface area contributed by atoms with E-state index in [1.807, 2.05) is 13.8 Å². The summed E-state index contributed by atoms with van der Waals surface area (Å²) in [5.74, 6) is 0.288. The smallest absolute Gasteiger partial charge is 0.222 e. The van der Waals surface area contributed by atoms with Crippen LogP contribution in [0.4, 0.5) is 4.39 Å². The first-order valence-electron chi connectivity index (χ1n) is 8.11. The van der Waals surface area contributed by atoms with Crippen molar-refractivity contribution in [2.45, 2.75) is 33.1 Å². The van der Waals surface area contributed by atoms with Gasteiger partial charge in [0, 0.05) is 12.5 Å². The van der Waals surface area contributed by atoms with Crippen LogP contribution in [0, 0.1) is 11.7 Å². The van der Waals surface area contributed by atoms with Crippen molar-refractivity contribution in [3.8, 4) is 11.1 Å². The average Bonchev–Trinajstić information content (AvgIpc) is 2.55. The van der Waals surface area contributed by atoms with Gasteiger partial charge in [-0.15, -0.1) is 0 Å². The second-order valence-electron chi connectivity index (χ2n) is 6.26. The van der Waals surface area contributed by atoms with Crippen LogP contribution >= 0.6 is 0 Å². The molecule has 1 amide bonds. The van der Waals surface area contributed by atoms with Crippen molar-refractivity contribution < 1.29 is 9.18 Å². The molecule has 2 aromatic carbocycles. The van der Waals surface area contributed by atoms with E-state index in [-0.39, 0.29) is 17.6 Å². The molecule has 0 radical (unpaired) electrons. The van der Waals surface area contributed by atoms with Crippen molar-refractivity contribution in [2.24, 2.45) is 5.92 Å². The summed E-state index contributed by atoms with van der Waals surface area (Å²) in [7, 11) is 0. The summed E-state index contributed by atoms with van der Waals surface area (Å²) in [6.45, 7) is 6.65. The first-order chi connectivity index (χ1) is 11.0. The monoisotopic (exact) mass is 313 g/mol. The van der Waals surface area contributed by atoms with Crippen LogP contribution in [-0.4, -0.2) is 12.5 Å². The summed E-state index contributed by atoms with van der Waals surface area (Å²) in [5, 5.41) is 2.95. The van der Waals surface area contributed by atoms with Crippen LogP contribution in [0.2, 0.25) is 0 Å². The quantitative estimate of drug-likeness (QED) is 0.818. The molecule has 3 heteroatoms. The SMILES string of the molecule is CC(C)C(=O)NCCC(C)c1ccc(-c2ccc(F)cc2)cc1. The van der Waals surface area contributed by atoms with E-state index in [1.165, 1.54) is 17.7 Å². The Balaban J connectivity index is 1.93. The Kier molecular flexibility index (Phi) is 5.91. The molecule has 0 aliphatic rings. The van der Waals surface area contributed by atoms with Crippen molar-refractivity contribution >= 4 is 5.91 Å². The van der Waals surface area contributed by atoms with E-state index in [0.29, 0.717) is 12.5 Å². The number of carbonyl (C=O) groups is 1. The summed E-state index contributed by atoms with van der Waals surface area (Å²) in [6.07, 6.45) is 0.911. The van der Waals surface area contributed by atoms with Gasteiger partial charge in [-0.1, -0.05) is 57.2 Å². The van der Waals surface area contributed by atoms with Gasteiger partial charge in [0.1, 0.15) is 5.82 Å². The third kappa shape index (κ3) is 4.92. The highest BCUT2D eigenvalue weighted by Gasteiger charge is 2.09. The van der Waals surface area contributed by atoms with Crippen LogP contribution in [-0.2, 0) is 4.79 Å². The molecule has 1 unspecified atom stereocenters. The van der Waals surface area contributed by atoms with Gasteiger partial charge in [-0.3, -0.25) is 4.79 Å². The molecule has 0 aromatic heterocycles. The standard InChI is InChI=1S/C20H24FNO/c1-14(2)20(23)22-13-12-15(3)16-4-6-17(7-5-16)18-8-10-19(21)11-9-18/h4-11,14-15H,12-13H2,1-3H3,(H,22,23). The number of rotatable bonds is 6. The van der Waals surface area contributed by atoms with Gasteiger partial charge in [-0.05, 0) is 41.2 Å². The topological polar surface area (TPSA) is 29.1 Å². The van der Waals surface area contributed by atoms with Gasteiger partial charge >= 0.3 is 0 Å². The zero-order valence-electron chi connectivity index (χ0n) is 14.0. The molecule has 23 heavy (non-hydrogen) atoms. The second kappa shape index (κ2) is 7.91. The Morgan fingerprint density at radius 2 is 1.48 bits per heavy atom. The highest BCUT2D eigenvalue weighted by molar-refractivity contribution is 5.77. The molecule has 1 N–H and O–H groups in total. The van der Waals surface area contributed by atoms with Gasteiger partial charge in [0.05, 0.1) is 0 Å². The minimum absolute atomic E-state index is 0.0281. The van der Waals surface area contributed by atoms with Crippen LogP contribution in [0.25, 0.3) is 11.1 Å². The fourth-order valence-corrected chi connectivity index (χ4v) is 2.43. The summed E-state index contributed by atoms with van der Waals surface area (Å²) in [6, 6.07) is 14.9. The van der Waals surface area contributed by atoms with E-state index in [9.17, 15) is 9.18 Å². The molecular formula is C20H24FNO. The van der Waals surface area contributed by atoms with Crippen molar-refractivity contribution in [1.29, 1.82) is 0 Å². The molecular weight excluding hydrogens is 289 g/mol. The van der Waals surface area contributed by atoms with E-state index < -0.39 is 0 Å². The lowest BCUT2D eigenvalue weighted by molar-refractivity contribution is -0.123. The van der Waals surface area contributed by atoms with E-state index in [1.54, 1.807) is 12.1 Å². The summed E-state index contributed by atoms with van der Waals surface area (Å²) < 4.78 is 13.0. The minimum Gasteiger partial charge on any atom is -0.356 e. The van der Waals surface area contributed by atoms with Crippen molar-refractivity contribution in [3.05, 3.63) is 59.9 Å². The normalized spacial score (nSPS) is 12.2. The molecule has 122 valence electrons. The summed E-state index contributed by atoms with van der Waals surface area (Å²) >= 11 is 0.